The summed E-state index contributed by atoms with van der Waals surface area (Å²) in [6.07, 6.45) is 6.70. The van der Waals surface area contributed by atoms with Gasteiger partial charge in [0.2, 0.25) is 0 Å². The van der Waals surface area contributed by atoms with Gasteiger partial charge in [-0.2, -0.15) is 0 Å². The lowest BCUT2D eigenvalue weighted by molar-refractivity contribution is 0.393. The number of hydrogen-bond acceptors (Lipinski definition) is 2. The molecule has 1 aromatic rings. The lowest BCUT2D eigenvalue weighted by Crippen LogP contribution is -2.29. The molecule has 1 aromatic heterocycles. The molecule has 0 radical (unpaired) electrons. The SMILES string of the molecule is CC(CNC1CCCc2sc(Cl)cc21)C1CC1. The second-order valence-electron chi connectivity index (χ2n) is 5.60. The second kappa shape index (κ2) is 4.91. The van der Waals surface area contributed by atoms with E-state index in [1.807, 2.05) is 0 Å². The summed E-state index contributed by atoms with van der Waals surface area (Å²) in [6.45, 7) is 3.55. The summed E-state index contributed by atoms with van der Waals surface area (Å²) in [5.74, 6) is 1.84. The normalized spacial score (nSPS) is 25.6. The van der Waals surface area contributed by atoms with Gasteiger partial charge in [0.05, 0.1) is 4.34 Å². The minimum absolute atomic E-state index is 0.559. The van der Waals surface area contributed by atoms with Gasteiger partial charge in [0.25, 0.3) is 0 Å². The third kappa shape index (κ3) is 2.69. The van der Waals surface area contributed by atoms with E-state index in [2.05, 4.69) is 18.3 Å². The molecule has 3 heteroatoms. The monoisotopic (exact) mass is 269 g/mol. The Balaban J connectivity index is 1.63. The molecule has 2 aliphatic rings. The number of aryl methyl sites for hydroxylation is 1. The number of halogens is 1. The van der Waals surface area contributed by atoms with Crippen molar-refractivity contribution in [1.29, 1.82) is 0 Å². The molecule has 2 unspecified atom stereocenters. The molecule has 2 atom stereocenters. The molecule has 3 rings (SSSR count). The van der Waals surface area contributed by atoms with Gasteiger partial charge in [-0.15, -0.1) is 11.3 Å². The first-order valence-corrected chi connectivity index (χ1v) is 7.95. The maximum atomic E-state index is 6.13. The van der Waals surface area contributed by atoms with Crippen molar-refractivity contribution in [3.05, 3.63) is 20.8 Å². The van der Waals surface area contributed by atoms with Crippen molar-refractivity contribution in [2.75, 3.05) is 6.54 Å². The van der Waals surface area contributed by atoms with Crippen molar-refractivity contribution in [2.45, 2.75) is 45.1 Å². The number of nitrogens with one attached hydrogen (secondary N) is 1. The molecule has 17 heavy (non-hydrogen) atoms. The number of thiophene rings is 1. The lowest BCUT2D eigenvalue weighted by atomic mass is 9.93. The highest BCUT2D eigenvalue weighted by atomic mass is 35.5. The van der Waals surface area contributed by atoms with Gasteiger partial charge in [-0.1, -0.05) is 18.5 Å². The Morgan fingerprint density at radius 3 is 3.06 bits per heavy atom. The molecule has 1 N–H and O–H groups in total. The van der Waals surface area contributed by atoms with Gasteiger partial charge >= 0.3 is 0 Å². The smallest absolute Gasteiger partial charge is 0.0934 e. The molecule has 1 heterocycles. The highest BCUT2D eigenvalue weighted by Gasteiger charge is 2.29. The fourth-order valence-corrected chi connectivity index (χ4v) is 4.28. The zero-order valence-corrected chi connectivity index (χ0v) is 11.9. The molecule has 0 spiro atoms. The predicted molar refractivity (Wildman–Crippen MR) is 74.9 cm³/mol. The lowest BCUT2D eigenvalue weighted by Gasteiger charge is -2.25. The molecule has 1 fully saturated rings. The first-order chi connectivity index (χ1) is 8.24. The summed E-state index contributed by atoms with van der Waals surface area (Å²) in [6, 6.07) is 2.74. The van der Waals surface area contributed by atoms with Crippen molar-refractivity contribution in [1.82, 2.24) is 5.32 Å². The van der Waals surface area contributed by atoms with Crippen LogP contribution in [-0.4, -0.2) is 6.54 Å². The van der Waals surface area contributed by atoms with Gasteiger partial charge < -0.3 is 5.32 Å². The zero-order valence-electron chi connectivity index (χ0n) is 10.3. The van der Waals surface area contributed by atoms with Crippen LogP contribution in [0, 0.1) is 11.8 Å². The minimum Gasteiger partial charge on any atom is -0.310 e. The number of hydrogen-bond donors (Lipinski definition) is 1. The van der Waals surface area contributed by atoms with E-state index in [4.69, 9.17) is 11.6 Å². The van der Waals surface area contributed by atoms with Crippen LogP contribution in [0.5, 0.6) is 0 Å². The second-order valence-corrected chi connectivity index (χ2v) is 7.36. The Bertz CT molecular complexity index is 397. The molecule has 94 valence electrons. The van der Waals surface area contributed by atoms with E-state index in [0.717, 1.165) is 16.2 Å². The predicted octanol–water partition coefficient (Wildman–Crippen LogP) is 4.41. The standard InChI is InChI=1S/C14H20ClNS/c1-9(10-5-6-10)8-16-12-3-2-4-13-11(12)7-14(15)17-13/h7,9-10,12,16H,2-6,8H2,1H3. The molecular weight excluding hydrogens is 250 g/mol. The first kappa shape index (κ1) is 12.0. The van der Waals surface area contributed by atoms with E-state index in [0.29, 0.717) is 6.04 Å². The van der Waals surface area contributed by atoms with Crippen LogP contribution in [0.4, 0.5) is 0 Å². The third-order valence-electron chi connectivity index (χ3n) is 4.20. The fourth-order valence-electron chi connectivity index (χ4n) is 2.89. The van der Waals surface area contributed by atoms with E-state index in [1.54, 1.807) is 11.3 Å². The van der Waals surface area contributed by atoms with E-state index < -0.39 is 0 Å². The first-order valence-electron chi connectivity index (χ1n) is 6.75. The minimum atomic E-state index is 0.559. The molecule has 0 amide bonds. The fraction of sp³-hybridized carbons (Fsp3) is 0.714. The summed E-state index contributed by atoms with van der Waals surface area (Å²) < 4.78 is 0.957. The molecule has 0 saturated heterocycles. The van der Waals surface area contributed by atoms with Crippen molar-refractivity contribution in [3.63, 3.8) is 0 Å². The molecule has 1 saturated carbocycles. The van der Waals surface area contributed by atoms with E-state index in [-0.39, 0.29) is 0 Å². The van der Waals surface area contributed by atoms with Crippen molar-refractivity contribution in [2.24, 2.45) is 11.8 Å². The molecule has 0 aromatic carbocycles. The summed E-state index contributed by atoms with van der Waals surface area (Å²) in [5, 5.41) is 3.76. The molecule has 0 aliphatic heterocycles. The topological polar surface area (TPSA) is 12.0 Å². The molecule has 2 aliphatic carbocycles. The third-order valence-corrected chi connectivity index (χ3v) is 5.54. The number of rotatable bonds is 4. The van der Waals surface area contributed by atoms with Crippen LogP contribution in [0.3, 0.4) is 0 Å². The van der Waals surface area contributed by atoms with Crippen LogP contribution in [0.25, 0.3) is 0 Å². The van der Waals surface area contributed by atoms with Crippen LogP contribution in [0.2, 0.25) is 4.34 Å². The van der Waals surface area contributed by atoms with Crippen molar-refractivity contribution >= 4 is 22.9 Å². The van der Waals surface area contributed by atoms with Gasteiger partial charge in [-0.05, 0) is 62.1 Å². The van der Waals surface area contributed by atoms with Gasteiger partial charge in [0, 0.05) is 10.9 Å². The molecular formula is C14H20ClNS. The van der Waals surface area contributed by atoms with Crippen LogP contribution in [-0.2, 0) is 6.42 Å². The highest BCUT2D eigenvalue weighted by Crippen LogP contribution is 2.39. The molecule has 0 bridgehead atoms. The van der Waals surface area contributed by atoms with Crippen LogP contribution in [0.15, 0.2) is 6.07 Å². The van der Waals surface area contributed by atoms with Crippen molar-refractivity contribution in [3.8, 4) is 0 Å². The zero-order chi connectivity index (χ0) is 11.8. The summed E-state index contributed by atoms with van der Waals surface area (Å²) in [7, 11) is 0. The Morgan fingerprint density at radius 2 is 2.29 bits per heavy atom. The maximum Gasteiger partial charge on any atom is 0.0934 e. The van der Waals surface area contributed by atoms with E-state index in [1.165, 1.54) is 49.1 Å². The average molecular weight is 270 g/mol. The van der Waals surface area contributed by atoms with E-state index >= 15 is 0 Å². The Hall–Kier alpha value is -0.0500. The Kier molecular flexibility index (Phi) is 3.47. The average Bonchev–Trinajstić information content (AvgIpc) is 3.08. The van der Waals surface area contributed by atoms with Crippen molar-refractivity contribution < 1.29 is 0 Å². The quantitative estimate of drug-likeness (QED) is 0.854. The van der Waals surface area contributed by atoms with Gasteiger partial charge in [-0.25, -0.2) is 0 Å². The van der Waals surface area contributed by atoms with Crippen LogP contribution < -0.4 is 5.32 Å². The van der Waals surface area contributed by atoms with Crippen LogP contribution in [0.1, 0.15) is 49.1 Å². The summed E-state index contributed by atoms with van der Waals surface area (Å²) in [4.78, 5) is 1.51. The van der Waals surface area contributed by atoms with Gasteiger partial charge in [0.1, 0.15) is 0 Å². The summed E-state index contributed by atoms with van der Waals surface area (Å²) in [5.41, 5.74) is 1.48. The largest absolute Gasteiger partial charge is 0.310 e. The number of fused-ring (bicyclic) bond motifs is 1. The van der Waals surface area contributed by atoms with Gasteiger partial charge in [-0.3, -0.25) is 0 Å². The molecule has 1 nitrogen and oxygen atoms in total. The Morgan fingerprint density at radius 1 is 1.47 bits per heavy atom. The highest BCUT2D eigenvalue weighted by molar-refractivity contribution is 7.16. The summed E-state index contributed by atoms with van der Waals surface area (Å²) >= 11 is 7.90. The Labute approximate surface area is 113 Å². The van der Waals surface area contributed by atoms with Crippen LogP contribution >= 0.6 is 22.9 Å². The maximum absolute atomic E-state index is 6.13. The van der Waals surface area contributed by atoms with Gasteiger partial charge in [0.15, 0.2) is 0 Å². The van der Waals surface area contributed by atoms with E-state index in [9.17, 15) is 0 Å².